The van der Waals surface area contributed by atoms with Crippen molar-refractivity contribution in [1.29, 1.82) is 0 Å². The number of anilines is 1. The van der Waals surface area contributed by atoms with Crippen molar-refractivity contribution in [1.82, 2.24) is 0 Å². The van der Waals surface area contributed by atoms with Crippen LogP contribution in [0, 0.1) is 10.1 Å². The van der Waals surface area contributed by atoms with Crippen molar-refractivity contribution < 1.29 is 19.6 Å². The number of ether oxygens (including phenoxy) is 1. The highest BCUT2D eigenvalue weighted by Crippen LogP contribution is 2.28. The molecule has 1 amide bonds. The average Bonchev–Trinajstić information content (AvgIpc) is 2.51. The van der Waals surface area contributed by atoms with E-state index in [0.717, 1.165) is 17.7 Å². The van der Waals surface area contributed by atoms with Crippen LogP contribution in [0.5, 0.6) is 5.75 Å². The van der Waals surface area contributed by atoms with Gasteiger partial charge in [0.1, 0.15) is 6.61 Å². The van der Waals surface area contributed by atoms with Crippen LogP contribution in [-0.4, -0.2) is 22.5 Å². The summed E-state index contributed by atoms with van der Waals surface area (Å²) in [6.45, 7) is -0.0667. The van der Waals surface area contributed by atoms with Crippen LogP contribution in [0.1, 0.15) is 5.56 Å². The highest BCUT2D eigenvalue weighted by Gasteiger charge is 2.14. The van der Waals surface area contributed by atoms with Crippen molar-refractivity contribution in [2.45, 2.75) is 6.61 Å². The summed E-state index contributed by atoms with van der Waals surface area (Å²) in [5, 5.41) is 23.1. The van der Waals surface area contributed by atoms with Gasteiger partial charge in [0, 0.05) is 16.8 Å². The zero-order valence-corrected chi connectivity index (χ0v) is 12.6. The quantitative estimate of drug-likeness (QED) is 0.479. The van der Waals surface area contributed by atoms with E-state index in [0.29, 0.717) is 5.02 Å². The molecule has 2 aromatic rings. The van der Waals surface area contributed by atoms with E-state index in [1.165, 1.54) is 6.07 Å². The van der Waals surface area contributed by atoms with Crippen LogP contribution in [0.25, 0.3) is 0 Å². The van der Waals surface area contributed by atoms with Crippen LogP contribution in [-0.2, 0) is 16.1 Å². The molecule has 2 rings (SSSR count). The number of phenolic OH excluding ortho intramolecular Hbond substituents is 1. The summed E-state index contributed by atoms with van der Waals surface area (Å²) in [5.41, 5.74) is 0.461. The fourth-order valence-corrected chi connectivity index (χ4v) is 2.00. The highest BCUT2D eigenvalue weighted by atomic mass is 35.5. The van der Waals surface area contributed by atoms with Crippen molar-refractivity contribution in [3.05, 3.63) is 63.2 Å². The zero-order chi connectivity index (χ0) is 16.8. The smallest absolute Gasteiger partial charge is 0.312 e. The maximum atomic E-state index is 11.8. The number of carbonyl (C=O) groups excluding carboxylic acids is 1. The minimum Gasteiger partial charge on any atom is -0.502 e. The van der Waals surface area contributed by atoms with Crippen LogP contribution in [0.15, 0.2) is 42.5 Å². The second kappa shape index (κ2) is 7.57. The Morgan fingerprint density at radius 3 is 2.74 bits per heavy atom. The molecule has 7 nitrogen and oxygen atoms in total. The molecule has 0 saturated heterocycles. The molecule has 2 N–H and O–H groups in total. The van der Waals surface area contributed by atoms with E-state index in [1.54, 1.807) is 24.3 Å². The van der Waals surface area contributed by atoms with E-state index in [1.807, 2.05) is 0 Å². The number of nitrogens with one attached hydrogen (secondary N) is 1. The Labute approximate surface area is 136 Å². The lowest BCUT2D eigenvalue weighted by Gasteiger charge is -2.07. The number of hydrogen-bond acceptors (Lipinski definition) is 5. The molecule has 0 aliphatic rings. The van der Waals surface area contributed by atoms with E-state index < -0.39 is 22.3 Å². The van der Waals surface area contributed by atoms with Crippen molar-refractivity contribution in [3.63, 3.8) is 0 Å². The number of nitro benzene ring substituents is 1. The number of nitrogens with zero attached hydrogens (tertiary/aromatic N) is 1. The Morgan fingerprint density at radius 2 is 2.04 bits per heavy atom. The van der Waals surface area contributed by atoms with Crippen molar-refractivity contribution in [3.8, 4) is 5.75 Å². The first-order chi connectivity index (χ1) is 11.0. The zero-order valence-electron chi connectivity index (χ0n) is 11.9. The molecule has 0 fully saturated rings. The van der Waals surface area contributed by atoms with E-state index in [-0.39, 0.29) is 18.9 Å². The van der Waals surface area contributed by atoms with Gasteiger partial charge < -0.3 is 15.2 Å². The summed E-state index contributed by atoms with van der Waals surface area (Å²) in [6.07, 6.45) is 0. The minimum absolute atomic E-state index is 0.169. The van der Waals surface area contributed by atoms with E-state index in [2.05, 4.69) is 5.32 Å². The third-order valence-electron chi connectivity index (χ3n) is 2.90. The summed E-state index contributed by atoms with van der Waals surface area (Å²) in [5.74, 6) is -0.944. The third-order valence-corrected chi connectivity index (χ3v) is 3.27. The van der Waals surface area contributed by atoms with E-state index >= 15 is 0 Å². The first-order valence-electron chi connectivity index (χ1n) is 6.56. The van der Waals surface area contributed by atoms with Gasteiger partial charge in [-0.1, -0.05) is 29.8 Å². The molecule has 23 heavy (non-hydrogen) atoms. The SMILES string of the molecule is O=C(COCc1ccccc1Cl)Nc1ccc(O)c([N+](=O)[O-])c1. The molecular formula is C15H13ClN2O5. The minimum atomic E-state index is -0.737. The van der Waals surface area contributed by atoms with Crippen molar-refractivity contribution >= 4 is 28.9 Å². The largest absolute Gasteiger partial charge is 0.502 e. The predicted octanol–water partition coefficient (Wildman–Crippen LogP) is 3.11. The Hall–Kier alpha value is -2.64. The number of carbonyl (C=O) groups is 1. The molecule has 0 atom stereocenters. The number of halogens is 1. The fourth-order valence-electron chi connectivity index (χ4n) is 1.81. The Bertz CT molecular complexity index is 736. The van der Waals surface area contributed by atoms with Gasteiger partial charge in [-0.2, -0.15) is 0 Å². The second-order valence-electron chi connectivity index (χ2n) is 4.59. The highest BCUT2D eigenvalue weighted by molar-refractivity contribution is 6.31. The standard InChI is InChI=1S/C15H13ClN2O5/c16-12-4-2-1-3-10(12)8-23-9-15(20)17-11-5-6-14(19)13(7-11)18(21)22/h1-7,19H,8-9H2,(H,17,20). The van der Waals surface area contributed by atoms with Gasteiger partial charge in [0.15, 0.2) is 5.75 Å². The predicted molar refractivity (Wildman–Crippen MR) is 84.5 cm³/mol. The van der Waals surface area contributed by atoms with Gasteiger partial charge in [0.05, 0.1) is 11.5 Å². The third kappa shape index (κ3) is 4.67. The topological polar surface area (TPSA) is 102 Å². The Balaban J connectivity index is 1.89. The molecular weight excluding hydrogens is 324 g/mol. The number of nitro groups is 1. The summed E-state index contributed by atoms with van der Waals surface area (Å²) in [4.78, 5) is 21.7. The molecule has 0 aliphatic heterocycles. The molecule has 8 heteroatoms. The molecule has 0 unspecified atom stereocenters. The molecule has 0 radical (unpaired) electrons. The fraction of sp³-hybridized carbons (Fsp3) is 0.133. The summed E-state index contributed by atoms with van der Waals surface area (Å²) in [7, 11) is 0. The first-order valence-corrected chi connectivity index (χ1v) is 6.93. The number of amides is 1. The van der Waals surface area contributed by atoms with Crippen LogP contribution in [0.3, 0.4) is 0 Å². The first kappa shape index (κ1) is 16.7. The average molecular weight is 337 g/mol. The number of benzene rings is 2. The van der Waals surface area contributed by atoms with Gasteiger partial charge in [-0.05, 0) is 23.8 Å². The monoisotopic (exact) mass is 336 g/mol. The number of phenols is 1. The number of rotatable bonds is 6. The molecule has 2 aromatic carbocycles. The van der Waals surface area contributed by atoms with Crippen LogP contribution in [0.4, 0.5) is 11.4 Å². The summed E-state index contributed by atoms with van der Waals surface area (Å²) >= 11 is 5.96. The van der Waals surface area contributed by atoms with Gasteiger partial charge in [-0.15, -0.1) is 0 Å². The van der Waals surface area contributed by atoms with Gasteiger partial charge >= 0.3 is 5.69 Å². The molecule has 120 valence electrons. The molecule has 0 saturated carbocycles. The lowest BCUT2D eigenvalue weighted by atomic mass is 10.2. The second-order valence-corrected chi connectivity index (χ2v) is 5.00. The van der Waals surface area contributed by atoms with Gasteiger partial charge in [0.2, 0.25) is 5.91 Å². The Morgan fingerprint density at radius 1 is 1.30 bits per heavy atom. The summed E-state index contributed by atoms with van der Waals surface area (Å²) < 4.78 is 5.26. The van der Waals surface area contributed by atoms with E-state index in [4.69, 9.17) is 16.3 Å². The van der Waals surface area contributed by atoms with E-state index in [9.17, 15) is 20.0 Å². The molecule has 0 spiro atoms. The lowest BCUT2D eigenvalue weighted by Crippen LogP contribution is -2.18. The van der Waals surface area contributed by atoms with Crippen LogP contribution in [0.2, 0.25) is 5.02 Å². The summed E-state index contributed by atoms with van der Waals surface area (Å²) in [6, 6.07) is 10.7. The van der Waals surface area contributed by atoms with Gasteiger partial charge in [-0.3, -0.25) is 14.9 Å². The lowest BCUT2D eigenvalue weighted by molar-refractivity contribution is -0.385. The molecule has 0 aromatic heterocycles. The molecule has 0 bridgehead atoms. The molecule has 0 heterocycles. The number of hydrogen-bond donors (Lipinski definition) is 2. The van der Waals surface area contributed by atoms with Crippen molar-refractivity contribution in [2.24, 2.45) is 0 Å². The Kier molecular flexibility index (Phi) is 5.51. The van der Waals surface area contributed by atoms with Gasteiger partial charge in [0.25, 0.3) is 0 Å². The maximum Gasteiger partial charge on any atom is 0.312 e. The van der Waals surface area contributed by atoms with Gasteiger partial charge in [-0.25, -0.2) is 0 Å². The van der Waals surface area contributed by atoms with Crippen molar-refractivity contribution in [2.75, 3.05) is 11.9 Å². The number of aromatic hydroxyl groups is 1. The maximum absolute atomic E-state index is 11.8. The van der Waals surface area contributed by atoms with Crippen LogP contribution < -0.4 is 5.32 Å². The molecule has 0 aliphatic carbocycles. The van der Waals surface area contributed by atoms with Crippen LogP contribution >= 0.6 is 11.6 Å². The normalized spacial score (nSPS) is 10.3.